The molecule has 1 aromatic carbocycles. The quantitative estimate of drug-likeness (QED) is 0.578. The van der Waals surface area contributed by atoms with Gasteiger partial charge in [-0.05, 0) is 18.2 Å². The van der Waals surface area contributed by atoms with Gasteiger partial charge >= 0.3 is 17.6 Å². The number of H-pyrrole nitrogens is 1. The van der Waals surface area contributed by atoms with Gasteiger partial charge in [-0.1, -0.05) is 0 Å². The van der Waals surface area contributed by atoms with E-state index in [2.05, 4.69) is 9.72 Å². The molecule has 18 heavy (non-hydrogen) atoms. The summed E-state index contributed by atoms with van der Waals surface area (Å²) >= 11 is 0. The Hall–Kier alpha value is -2.57. The van der Waals surface area contributed by atoms with E-state index in [1.54, 1.807) is 6.07 Å². The zero-order valence-electron chi connectivity index (χ0n) is 9.72. The fourth-order valence-corrected chi connectivity index (χ4v) is 1.49. The fraction of sp³-hybridized carbons (Fsp3) is 0.182. The lowest BCUT2D eigenvalue weighted by Crippen LogP contribution is -2.33. The smallest absolute Gasteiger partial charge is 0.417 e. The highest BCUT2D eigenvalue weighted by atomic mass is 16.5. The van der Waals surface area contributed by atoms with Crippen LogP contribution in [0, 0.1) is 0 Å². The number of nitrogens with one attached hydrogen (secondary N) is 1. The molecule has 0 fully saturated rings. The summed E-state index contributed by atoms with van der Waals surface area (Å²) in [6.07, 6.45) is 0. The molecule has 2 aromatic rings. The lowest BCUT2D eigenvalue weighted by Gasteiger charge is -2.15. The summed E-state index contributed by atoms with van der Waals surface area (Å²) < 4.78 is 9.17. The molecule has 1 amide bonds. The SMILES string of the molecule is COC(=O)C(=O)N(C)c1ccc2oc(=O)[nH]c2c1. The van der Waals surface area contributed by atoms with E-state index in [0.717, 1.165) is 12.0 Å². The fourth-order valence-electron chi connectivity index (χ4n) is 1.49. The van der Waals surface area contributed by atoms with E-state index < -0.39 is 17.6 Å². The van der Waals surface area contributed by atoms with Crippen molar-refractivity contribution in [1.29, 1.82) is 0 Å². The minimum atomic E-state index is -0.960. The molecule has 0 aliphatic rings. The van der Waals surface area contributed by atoms with Gasteiger partial charge in [0.1, 0.15) is 0 Å². The van der Waals surface area contributed by atoms with Gasteiger partial charge in [0.2, 0.25) is 0 Å². The summed E-state index contributed by atoms with van der Waals surface area (Å²) in [5.41, 5.74) is 1.26. The van der Waals surface area contributed by atoms with Crippen LogP contribution >= 0.6 is 0 Å². The number of benzene rings is 1. The molecule has 0 bridgehead atoms. The van der Waals surface area contributed by atoms with E-state index in [1.807, 2.05) is 0 Å². The van der Waals surface area contributed by atoms with Gasteiger partial charge in [-0.3, -0.25) is 9.78 Å². The molecule has 7 nitrogen and oxygen atoms in total. The lowest BCUT2D eigenvalue weighted by atomic mass is 10.2. The monoisotopic (exact) mass is 250 g/mol. The number of amides is 1. The number of anilines is 1. The first kappa shape index (κ1) is 11.9. The molecule has 7 heteroatoms. The van der Waals surface area contributed by atoms with Crippen molar-refractivity contribution in [3.63, 3.8) is 0 Å². The third kappa shape index (κ3) is 1.97. The number of hydrogen-bond donors (Lipinski definition) is 1. The molecule has 0 aliphatic heterocycles. The molecule has 0 spiro atoms. The van der Waals surface area contributed by atoms with Crippen LogP contribution in [0.15, 0.2) is 27.4 Å². The predicted molar refractivity (Wildman–Crippen MR) is 62.3 cm³/mol. The number of likely N-dealkylation sites (N-methyl/N-ethyl adjacent to an activating group) is 1. The number of rotatable bonds is 1. The van der Waals surface area contributed by atoms with Gasteiger partial charge in [-0.2, -0.15) is 0 Å². The largest absolute Gasteiger partial charge is 0.462 e. The van der Waals surface area contributed by atoms with E-state index in [4.69, 9.17) is 4.42 Å². The Morgan fingerprint density at radius 3 is 2.78 bits per heavy atom. The standard InChI is InChI=1S/C11H10N2O5/c1-13(9(14)10(15)17-2)6-3-4-8-7(5-6)12-11(16)18-8/h3-5H,1-2H3,(H,12,16). The molecule has 1 aromatic heterocycles. The van der Waals surface area contributed by atoms with Crippen molar-refractivity contribution in [2.24, 2.45) is 0 Å². The van der Waals surface area contributed by atoms with E-state index in [9.17, 15) is 14.4 Å². The van der Waals surface area contributed by atoms with Crippen molar-refractivity contribution in [2.45, 2.75) is 0 Å². The minimum Gasteiger partial charge on any atom is -0.462 e. The molecule has 0 atom stereocenters. The highest BCUT2D eigenvalue weighted by molar-refractivity contribution is 6.38. The van der Waals surface area contributed by atoms with Crippen LogP contribution in [0.3, 0.4) is 0 Å². The summed E-state index contributed by atoms with van der Waals surface area (Å²) in [7, 11) is 2.56. The predicted octanol–water partition coefficient (Wildman–Crippen LogP) is 0.257. The molecule has 0 radical (unpaired) electrons. The third-order valence-electron chi connectivity index (χ3n) is 2.45. The number of esters is 1. The number of carbonyl (C=O) groups excluding carboxylic acids is 2. The van der Waals surface area contributed by atoms with Gasteiger partial charge in [0.05, 0.1) is 12.6 Å². The summed E-state index contributed by atoms with van der Waals surface area (Å²) in [6, 6.07) is 4.62. The number of aromatic nitrogens is 1. The highest BCUT2D eigenvalue weighted by Gasteiger charge is 2.20. The molecule has 0 unspecified atom stereocenters. The number of hydrogen-bond acceptors (Lipinski definition) is 5. The van der Waals surface area contributed by atoms with Crippen molar-refractivity contribution in [1.82, 2.24) is 4.98 Å². The second kappa shape index (κ2) is 4.36. The maximum atomic E-state index is 11.6. The number of oxazole rings is 1. The van der Waals surface area contributed by atoms with Crippen LogP contribution in [0.1, 0.15) is 0 Å². The highest BCUT2D eigenvalue weighted by Crippen LogP contribution is 2.19. The maximum Gasteiger partial charge on any atom is 0.417 e. The summed E-state index contributed by atoms with van der Waals surface area (Å²) in [5.74, 6) is -2.34. The second-order valence-electron chi connectivity index (χ2n) is 3.55. The van der Waals surface area contributed by atoms with Gasteiger partial charge in [0.25, 0.3) is 0 Å². The summed E-state index contributed by atoms with van der Waals surface area (Å²) in [6.45, 7) is 0. The van der Waals surface area contributed by atoms with Crippen LogP contribution in [-0.2, 0) is 14.3 Å². The van der Waals surface area contributed by atoms with Gasteiger partial charge in [-0.25, -0.2) is 9.59 Å². The number of nitrogens with zero attached hydrogens (tertiary/aromatic N) is 1. The summed E-state index contributed by atoms with van der Waals surface area (Å²) in [4.78, 5) is 37.2. The van der Waals surface area contributed by atoms with E-state index >= 15 is 0 Å². The third-order valence-corrected chi connectivity index (χ3v) is 2.45. The van der Waals surface area contributed by atoms with Crippen molar-refractivity contribution < 1.29 is 18.7 Å². The first-order valence-electron chi connectivity index (χ1n) is 5.02. The zero-order valence-corrected chi connectivity index (χ0v) is 9.72. The van der Waals surface area contributed by atoms with Crippen molar-refractivity contribution in [2.75, 3.05) is 19.1 Å². The maximum absolute atomic E-state index is 11.6. The number of fused-ring (bicyclic) bond motifs is 1. The molecule has 0 saturated carbocycles. The molecular weight excluding hydrogens is 240 g/mol. The van der Waals surface area contributed by atoms with Crippen LogP contribution in [-0.4, -0.2) is 31.0 Å². The molecule has 1 heterocycles. The Kier molecular flexibility index (Phi) is 2.88. The van der Waals surface area contributed by atoms with Gasteiger partial charge in [-0.15, -0.1) is 0 Å². The number of methoxy groups -OCH3 is 1. The van der Waals surface area contributed by atoms with Crippen LogP contribution in [0.5, 0.6) is 0 Å². The molecule has 2 rings (SSSR count). The average molecular weight is 250 g/mol. The Morgan fingerprint density at radius 1 is 1.39 bits per heavy atom. The normalized spacial score (nSPS) is 10.3. The molecule has 0 aliphatic carbocycles. The molecule has 0 saturated heterocycles. The molecule has 1 N–H and O–H groups in total. The topological polar surface area (TPSA) is 92.6 Å². The van der Waals surface area contributed by atoms with Crippen molar-refractivity contribution in [3.8, 4) is 0 Å². The van der Waals surface area contributed by atoms with Crippen molar-refractivity contribution >= 4 is 28.7 Å². The zero-order chi connectivity index (χ0) is 13.3. The lowest BCUT2D eigenvalue weighted by molar-refractivity contribution is -0.151. The van der Waals surface area contributed by atoms with Crippen LogP contribution < -0.4 is 10.7 Å². The van der Waals surface area contributed by atoms with Crippen LogP contribution in [0.2, 0.25) is 0 Å². The first-order valence-corrected chi connectivity index (χ1v) is 5.02. The van der Waals surface area contributed by atoms with E-state index in [1.165, 1.54) is 19.2 Å². The second-order valence-corrected chi connectivity index (χ2v) is 3.55. The Labute approximate surface area is 101 Å². The van der Waals surface area contributed by atoms with Gasteiger partial charge < -0.3 is 14.1 Å². The molecular formula is C11H10N2O5. The van der Waals surface area contributed by atoms with Gasteiger partial charge in [0.15, 0.2) is 5.58 Å². The van der Waals surface area contributed by atoms with Crippen molar-refractivity contribution in [3.05, 3.63) is 28.7 Å². The van der Waals surface area contributed by atoms with Crippen LogP contribution in [0.25, 0.3) is 11.1 Å². The van der Waals surface area contributed by atoms with E-state index in [0.29, 0.717) is 16.8 Å². The Balaban J connectivity index is 2.38. The summed E-state index contributed by atoms with van der Waals surface area (Å²) in [5, 5.41) is 0. The number of ether oxygens (including phenoxy) is 1. The van der Waals surface area contributed by atoms with Crippen LogP contribution in [0.4, 0.5) is 5.69 Å². The first-order chi connectivity index (χ1) is 8.52. The Bertz CT molecular complexity index is 669. The average Bonchev–Trinajstić information content (AvgIpc) is 2.74. The van der Waals surface area contributed by atoms with E-state index in [-0.39, 0.29) is 0 Å². The minimum absolute atomic E-state index is 0.377. The number of aromatic amines is 1. The number of carbonyl (C=O) groups is 2. The Morgan fingerprint density at radius 2 is 2.11 bits per heavy atom. The molecule has 94 valence electrons. The van der Waals surface area contributed by atoms with Gasteiger partial charge in [0, 0.05) is 12.7 Å².